The summed E-state index contributed by atoms with van der Waals surface area (Å²) < 4.78 is 27.4. The second-order valence-electron chi connectivity index (χ2n) is 5.53. The van der Waals surface area contributed by atoms with E-state index in [-0.39, 0.29) is 16.6 Å². The van der Waals surface area contributed by atoms with Gasteiger partial charge in [0.05, 0.1) is 10.6 Å². The minimum absolute atomic E-state index is 0.174. The summed E-state index contributed by atoms with van der Waals surface area (Å²) in [5.74, 6) is 0.0510. The van der Waals surface area contributed by atoms with Crippen LogP contribution in [0.3, 0.4) is 0 Å². The number of sulfonamides is 1. The fraction of sp³-hybridized carbons (Fsp3) is 0.400. The van der Waals surface area contributed by atoms with Gasteiger partial charge in [0.15, 0.2) is 4.34 Å². The van der Waals surface area contributed by atoms with Gasteiger partial charge >= 0.3 is 0 Å². The molecule has 0 atom stereocenters. The predicted molar refractivity (Wildman–Crippen MR) is 98.3 cm³/mol. The van der Waals surface area contributed by atoms with Gasteiger partial charge in [-0.25, -0.2) is 8.42 Å². The molecule has 134 valence electrons. The van der Waals surface area contributed by atoms with Crippen LogP contribution in [0.1, 0.15) is 19.3 Å². The van der Waals surface area contributed by atoms with Gasteiger partial charge in [0.25, 0.3) is 0 Å². The standard InChI is InChI=1S/C15H18N4O3S3/c20-14(10-23-15-18-16-11-24-15)17-12-4-6-13(7-5-12)25(21,22)19-8-2-1-3-9-19/h4-7,11H,1-3,8-10H2,(H,17,20). The summed E-state index contributed by atoms with van der Waals surface area (Å²) >= 11 is 2.69. The molecule has 7 nitrogen and oxygen atoms in total. The van der Waals surface area contributed by atoms with E-state index in [0.717, 1.165) is 23.6 Å². The van der Waals surface area contributed by atoms with E-state index in [4.69, 9.17) is 0 Å². The Labute approximate surface area is 154 Å². The largest absolute Gasteiger partial charge is 0.325 e. The molecule has 0 radical (unpaired) electrons. The second-order valence-corrected chi connectivity index (χ2v) is 9.52. The van der Waals surface area contributed by atoms with E-state index in [9.17, 15) is 13.2 Å². The minimum atomic E-state index is -3.44. The van der Waals surface area contributed by atoms with Crippen LogP contribution in [-0.4, -0.2) is 47.7 Å². The van der Waals surface area contributed by atoms with Crippen molar-refractivity contribution in [1.29, 1.82) is 0 Å². The van der Waals surface area contributed by atoms with Crippen LogP contribution in [0.25, 0.3) is 0 Å². The first-order valence-corrected chi connectivity index (χ1v) is 11.2. The quantitative estimate of drug-likeness (QED) is 0.752. The van der Waals surface area contributed by atoms with Gasteiger partial charge in [0, 0.05) is 18.8 Å². The molecule has 1 aliphatic rings. The van der Waals surface area contributed by atoms with Crippen molar-refractivity contribution in [3.05, 3.63) is 29.8 Å². The Balaban J connectivity index is 1.58. The Morgan fingerprint density at radius 1 is 1.20 bits per heavy atom. The molecule has 0 aliphatic carbocycles. The third-order valence-electron chi connectivity index (χ3n) is 3.76. The van der Waals surface area contributed by atoms with Crippen LogP contribution in [0.4, 0.5) is 5.69 Å². The summed E-state index contributed by atoms with van der Waals surface area (Å²) in [5.41, 5.74) is 2.18. The van der Waals surface area contributed by atoms with E-state index in [2.05, 4.69) is 15.5 Å². The van der Waals surface area contributed by atoms with Crippen molar-refractivity contribution >= 4 is 44.7 Å². The molecule has 3 rings (SSSR count). The van der Waals surface area contributed by atoms with Gasteiger partial charge in [-0.1, -0.05) is 29.5 Å². The number of hydrogen-bond donors (Lipinski definition) is 1. The number of benzene rings is 1. The molecule has 0 saturated carbocycles. The molecule has 1 saturated heterocycles. The van der Waals surface area contributed by atoms with Gasteiger partial charge in [-0.2, -0.15) is 4.31 Å². The van der Waals surface area contributed by atoms with Crippen molar-refractivity contribution < 1.29 is 13.2 Å². The highest BCUT2D eigenvalue weighted by Gasteiger charge is 2.25. The Hall–Kier alpha value is -1.49. The van der Waals surface area contributed by atoms with Gasteiger partial charge in [-0.15, -0.1) is 10.2 Å². The Morgan fingerprint density at radius 2 is 1.92 bits per heavy atom. The summed E-state index contributed by atoms with van der Waals surface area (Å²) in [4.78, 5) is 12.2. The SMILES string of the molecule is O=C(CSc1nncs1)Nc1ccc(S(=O)(=O)N2CCCCC2)cc1. The Kier molecular flexibility index (Phi) is 6.05. The number of carbonyl (C=O) groups excluding carboxylic acids is 1. The van der Waals surface area contributed by atoms with Gasteiger partial charge in [-0.3, -0.25) is 4.79 Å². The second kappa shape index (κ2) is 8.26. The molecule has 2 heterocycles. The summed E-state index contributed by atoms with van der Waals surface area (Å²) in [6, 6.07) is 6.31. The molecule has 25 heavy (non-hydrogen) atoms. The number of thioether (sulfide) groups is 1. The average molecular weight is 399 g/mol. The monoisotopic (exact) mass is 398 g/mol. The molecule has 0 bridgehead atoms. The van der Waals surface area contributed by atoms with Gasteiger partial charge < -0.3 is 5.32 Å². The molecule has 0 spiro atoms. The van der Waals surface area contributed by atoms with E-state index in [0.29, 0.717) is 18.8 Å². The number of piperidine rings is 1. The molecular weight excluding hydrogens is 380 g/mol. The molecule has 1 aliphatic heterocycles. The first-order chi connectivity index (χ1) is 12.1. The normalized spacial score (nSPS) is 15.8. The Bertz CT molecular complexity index is 801. The lowest BCUT2D eigenvalue weighted by Crippen LogP contribution is -2.35. The highest BCUT2D eigenvalue weighted by Crippen LogP contribution is 2.23. The third-order valence-corrected chi connectivity index (χ3v) is 7.53. The van der Waals surface area contributed by atoms with E-state index in [1.807, 2.05) is 0 Å². The number of aromatic nitrogens is 2. The number of anilines is 1. The highest BCUT2D eigenvalue weighted by molar-refractivity contribution is 8.01. The average Bonchev–Trinajstić information content (AvgIpc) is 3.15. The highest BCUT2D eigenvalue weighted by atomic mass is 32.2. The zero-order valence-corrected chi connectivity index (χ0v) is 15.9. The number of amides is 1. The number of rotatable bonds is 6. The maximum Gasteiger partial charge on any atom is 0.243 e. The minimum Gasteiger partial charge on any atom is -0.325 e. The van der Waals surface area contributed by atoms with Gasteiger partial charge in [-0.05, 0) is 37.1 Å². The third kappa shape index (κ3) is 4.78. The Morgan fingerprint density at radius 3 is 2.56 bits per heavy atom. The number of hydrogen-bond acceptors (Lipinski definition) is 7. The fourth-order valence-corrected chi connectivity index (χ4v) is 5.32. The number of nitrogens with one attached hydrogen (secondary N) is 1. The van der Waals surface area contributed by atoms with Crippen molar-refractivity contribution in [2.24, 2.45) is 0 Å². The van der Waals surface area contributed by atoms with E-state index in [1.54, 1.807) is 17.6 Å². The van der Waals surface area contributed by atoms with Crippen LogP contribution in [0, 0.1) is 0 Å². The molecule has 10 heteroatoms. The van der Waals surface area contributed by atoms with Crippen molar-refractivity contribution in [3.8, 4) is 0 Å². The van der Waals surface area contributed by atoms with Crippen LogP contribution in [0.5, 0.6) is 0 Å². The predicted octanol–water partition coefficient (Wildman–Crippen LogP) is 2.44. The fourth-order valence-electron chi connectivity index (χ4n) is 2.51. The molecule has 1 amide bonds. The van der Waals surface area contributed by atoms with E-state index < -0.39 is 10.0 Å². The van der Waals surface area contributed by atoms with Crippen LogP contribution in [-0.2, 0) is 14.8 Å². The molecule has 1 aromatic heterocycles. The van der Waals surface area contributed by atoms with Crippen molar-refractivity contribution in [2.45, 2.75) is 28.5 Å². The van der Waals surface area contributed by atoms with Crippen molar-refractivity contribution in [1.82, 2.24) is 14.5 Å². The zero-order valence-electron chi connectivity index (χ0n) is 13.4. The maximum atomic E-state index is 12.6. The van der Waals surface area contributed by atoms with E-state index in [1.165, 1.54) is 39.5 Å². The lowest BCUT2D eigenvalue weighted by molar-refractivity contribution is -0.113. The van der Waals surface area contributed by atoms with Crippen molar-refractivity contribution in [3.63, 3.8) is 0 Å². The lowest BCUT2D eigenvalue weighted by atomic mass is 10.2. The van der Waals surface area contributed by atoms with Crippen LogP contribution < -0.4 is 5.32 Å². The maximum absolute atomic E-state index is 12.6. The first-order valence-electron chi connectivity index (χ1n) is 7.85. The summed E-state index contributed by atoms with van der Waals surface area (Å²) in [5, 5.41) is 10.3. The molecule has 0 unspecified atom stereocenters. The van der Waals surface area contributed by atoms with Gasteiger partial charge in [0.2, 0.25) is 15.9 Å². The molecule has 1 fully saturated rings. The summed E-state index contributed by atoms with van der Waals surface area (Å²) in [6.07, 6.45) is 2.88. The lowest BCUT2D eigenvalue weighted by Gasteiger charge is -2.25. The van der Waals surface area contributed by atoms with Gasteiger partial charge in [0.1, 0.15) is 5.51 Å². The molecule has 1 N–H and O–H groups in total. The van der Waals surface area contributed by atoms with Crippen LogP contribution >= 0.6 is 23.1 Å². The topological polar surface area (TPSA) is 92.3 Å². The smallest absolute Gasteiger partial charge is 0.243 e. The number of nitrogens with zero attached hydrogens (tertiary/aromatic N) is 3. The summed E-state index contributed by atoms with van der Waals surface area (Å²) in [7, 11) is -3.44. The first kappa shape index (κ1) is 18.3. The van der Waals surface area contributed by atoms with Crippen molar-refractivity contribution in [2.75, 3.05) is 24.2 Å². The zero-order chi connectivity index (χ0) is 17.7. The van der Waals surface area contributed by atoms with Crippen LogP contribution in [0.2, 0.25) is 0 Å². The molecule has 2 aromatic rings. The summed E-state index contributed by atoms with van der Waals surface area (Å²) in [6.45, 7) is 1.15. The van der Waals surface area contributed by atoms with Crippen LogP contribution in [0.15, 0.2) is 39.0 Å². The van der Waals surface area contributed by atoms with E-state index >= 15 is 0 Å². The number of carbonyl (C=O) groups is 1. The molecular formula is C15H18N4O3S3. The molecule has 1 aromatic carbocycles.